The average Bonchev–Trinajstić information content (AvgIpc) is 2.39. The molecule has 0 atom stereocenters. The fraction of sp³-hybridized carbons (Fsp3) is 0.462. The van der Waals surface area contributed by atoms with E-state index in [0.29, 0.717) is 0 Å². The van der Waals surface area contributed by atoms with Crippen LogP contribution in [0.1, 0.15) is 17.5 Å². The molecular weight excluding hydrogens is 214 g/mol. The number of hydrogen-bond donors (Lipinski definition) is 2. The third kappa shape index (κ3) is 2.00. The van der Waals surface area contributed by atoms with Crippen molar-refractivity contribution in [3.8, 4) is 0 Å². The highest BCUT2D eigenvalue weighted by Gasteiger charge is 2.20. The second-order valence-electron chi connectivity index (χ2n) is 4.62. The van der Waals surface area contributed by atoms with Gasteiger partial charge in [0.25, 0.3) is 0 Å². The Kier molecular flexibility index (Phi) is 2.73. The van der Waals surface area contributed by atoms with Crippen LogP contribution in [0.2, 0.25) is 0 Å². The molecule has 2 heterocycles. The molecule has 0 unspecified atom stereocenters. The molecule has 1 aromatic carbocycles. The van der Waals surface area contributed by atoms with Gasteiger partial charge < -0.3 is 10.6 Å². The molecule has 2 N–H and O–H groups in total. The van der Waals surface area contributed by atoms with E-state index in [1.165, 1.54) is 11.1 Å². The first kappa shape index (κ1) is 10.6. The number of amides is 2. The summed E-state index contributed by atoms with van der Waals surface area (Å²) in [5, 5.41) is 6.25. The van der Waals surface area contributed by atoms with Gasteiger partial charge in [-0.3, -0.25) is 4.90 Å². The average molecular weight is 231 g/mol. The number of urea groups is 1. The first-order chi connectivity index (χ1) is 8.34. The zero-order chi connectivity index (χ0) is 11.7. The van der Waals surface area contributed by atoms with E-state index in [1.54, 1.807) is 0 Å². The quantitative estimate of drug-likeness (QED) is 0.764. The van der Waals surface area contributed by atoms with Crippen molar-refractivity contribution in [1.82, 2.24) is 10.6 Å². The molecule has 3 rings (SSSR count). The van der Waals surface area contributed by atoms with Crippen LogP contribution in [0.5, 0.6) is 0 Å². The van der Waals surface area contributed by atoms with E-state index in [2.05, 4.69) is 28.8 Å². The van der Waals surface area contributed by atoms with Crippen LogP contribution in [-0.2, 0) is 13.0 Å². The van der Waals surface area contributed by atoms with E-state index in [9.17, 15) is 4.79 Å². The Morgan fingerprint density at radius 1 is 1.18 bits per heavy atom. The first-order valence-electron chi connectivity index (χ1n) is 6.22. The predicted octanol–water partition coefficient (Wildman–Crippen LogP) is 1.25. The van der Waals surface area contributed by atoms with E-state index in [4.69, 9.17) is 0 Å². The molecule has 4 nitrogen and oxygen atoms in total. The Hall–Kier alpha value is -1.55. The first-order valence-corrected chi connectivity index (χ1v) is 6.22. The minimum absolute atomic E-state index is 0.0277. The number of fused-ring (bicyclic) bond motifs is 1. The monoisotopic (exact) mass is 231 g/mol. The number of carbonyl (C=O) groups is 1. The maximum atomic E-state index is 11.8. The van der Waals surface area contributed by atoms with Crippen molar-refractivity contribution >= 4 is 11.7 Å². The summed E-state index contributed by atoms with van der Waals surface area (Å²) < 4.78 is 0. The number of benzene rings is 1. The highest BCUT2D eigenvalue weighted by Crippen LogP contribution is 2.23. The smallest absolute Gasteiger partial charge is 0.321 e. The predicted molar refractivity (Wildman–Crippen MR) is 67.2 cm³/mol. The van der Waals surface area contributed by atoms with Crippen molar-refractivity contribution in [3.05, 3.63) is 29.3 Å². The fourth-order valence-corrected chi connectivity index (χ4v) is 2.51. The molecule has 90 valence electrons. The number of carbonyl (C=O) groups excluding carboxylic acids is 1. The maximum Gasteiger partial charge on any atom is 0.321 e. The number of nitrogens with zero attached hydrogens (tertiary/aromatic N) is 1. The molecule has 1 saturated heterocycles. The SMILES string of the molecule is O=C1NCCCN1c1ccc2c(c1)CNCC2. The molecule has 0 bridgehead atoms. The number of hydrogen-bond acceptors (Lipinski definition) is 2. The van der Waals surface area contributed by atoms with E-state index in [1.807, 2.05) is 4.90 Å². The molecule has 1 fully saturated rings. The molecule has 0 spiro atoms. The third-order valence-electron chi connectivity index (χ3n) is 3.47. The summed E-state index contributed by atoms with van der Waals surface area (Å²) in [7, 11) is 0. The topological polar surface area (TPSA) is 44.4 Å². The lowest BCUT2D eigenvalue weighted by Crippen LogP contribution is -2.46. The van der Waals surface area contributed by atoms with Gasteiger partial charge in [-0.05, 0) is 42.6 Å². The number of rotatable bonds is 1. The normalized spacial score (nSPS) is 19.8. The summed E-state index contributed by atoms with van der Waals surface area (Å²) in [6.07, 6.45) is 2.10. The highest BCUT2D eigenvalue weighted by atomic mass is 16.2. The molecule has 17 heavy (non-hydrogen) atoms. The molecule has 0 aliphatic carbocycles. The molecular formula is C13H17N3O. The molecule has 0 saturated carbocycles. The Labute approximate surface area is 101 Å². The lowest BCUT2D eigenvalue weighted by Gasteiger charge is -2.29. The Morgan fingerprint density at radius 2 is 2.12 bits per heavy atom. The van der Waals surface area contributed by atoms with Gasteiger partial charge in [-0.25, -0.2) is 4.79 Å². The van der Waals surface area contributed by atoms with Crippen LogP contribution in [0, 0.1) is 0 Å². The van der Waals surface area contributed by atoms with E-state index < -0.39 is 0 Å². The van der Waals surface area contributed by atoms with Gasteiger partial charge in [0.2, 0.25) is 0 Å². The highest BCUT2D eigenvalue weighted by molar-refractivity contribution is 5.92. The second kappa shape index (κ2) is 4.37. The van der Waals surface area contributed by atoms with Crippen LogP contribution in [0.25, 0.3) is 0 Å². The van der Waals surface area contributed by atoms with E-state index in [0.717, 1.165) is 44.7 Å². The minimum Gasteiger partial charge on any atom is -0.338 e. The van der Waals surface area contributed by atoms with Crippen LogP contribution < -0.4 is 15.5 Å². The van der Waals surface area contributed by atoms with Crippen LogP contribution >= 0.6 is 0 Å². The Balaban J connectivity index is 1.89. The summed E-state index contributed by atoms with van der Waals surface area (Å²) in [6.45, 7) is 3.58. The lowest BCUT2D eigenvalue weighted by molar-refractivity contribution is 0.243. The third-order valence-corrected chi connectivity index (χ3v) is 3.47. The number of anilines is 1. The van der Waals surface area contributed by atoms with E-state index >= 15 is 0 Å². The molecule has 0 radical (unpaired) electrons. The molecule has 2 aliphatic rings. The van der Waals surface area contributed by atoms with Gasteiger partial charge in [0.1, 0.15) is 0 Å². The van der Waals surface area contributed by atoms with Crippen molar-refractivity contribution < 1.29 is 4.79 Å². The van der Waals surface area contributed by atoms with Crippen molar-refractivity contribution in [1.29, 1.82) is 0 Å². The van der Waals surface area contributed by atoms with Gasteiger partial charge in [0.05, 0.1) is 0 Å². The van der Waals surface area contributed by atoms with Crippen molar-refractivity contribution in [2.75, 3.05) is 24.5 Å². The van der Waals surface area contributed by atoms with Gasteiger partial charge in [0, 0.05) is 25.3 Å². The summed E-state index contributed by atoms with van der Waals surface area (Å²) in [5.74, 6) is 0. The minimum atomic E-state index is 0.0277. The number of nitrogens with one attached hydrogen (secondary N) is 2. The van der Waals surface area contributed by atoms with Crippen LogP contribution in [0.15, 0.2) is 18.2 Å². The zero-order valence-electron chi connectivity index (χ0n) is 9.83. The van der Waals surface area contributed by atoms with E-state index in [-0.39, 0.29) is 6.03 Å². The van der Waals surface area contributed by atoms with Crippen LogP contribution in [0.3, 0.4) is 0 Å². The van der Waals surface area contributed by atoms with Gasteiger partial charge in [-0.2, -0.15) is 0 Å². The summed E-state index contributed by atoms with van der Waals surface area (Å²) in [5.41, 5.74) is 3.75. The summed E-state index contributed by atoms with van der Waals surface area (Å²) >= 11 is 0. The van der Waals surface area contributed by atoms with Crippen molar-refractivity contribution in [2.45, 2.75) is 19.4 Å². The van der Waals surface area contributed by atoms with Gasteiger partial charge in [0.15, 0.2) is 0 Å². The second-order valence-corrected chi connectivity index (χ2v) is 4.62. The molecule has 0 aromatic heterocycles. The summed E-state index contributed by atoms with van der Waals surface area (Å²) in [6, 6.07) is 6.40. The lowest BCUT2D eigenvalue weighted by atomic mass is 10.00. The largest absolute Gasteiger partial charge is 0.338 e. The van der Waals surface area contributed by atoms with Crippen LogP contribution in [-0.4, -0.2) is 25.7 Å². The van der Waals surface area contributed by atoms with Crippen molar-refractivity contribution in [3.63, 3.8) is 0 Å². The zero-order valence-corrected chi connectivity index (χ0v) is 9.83. The van der Waals surface area contributed by atoms with Crippen molar-refractivity contribution in [2.24, 2.45) is 0 Å². The van der Waals surface area contributed by atoms with Crippen LogP contribution in [0.4, 0.5) is 10.5 Å². The molecule has 2 amide bonds. The molecule has 2 aliphatic heterocycles. The van der Waals surface area contributed by atoms with Gasteiger partial charge in [-0.15, -0.1) is 0 Å². The Bertz CT molecular complexity index is 444. The van der Waals surface area contributed by atoms with Gasteiger partial charge >= 0.3 is 6.03 Å². The maximum absolute atomic E-state index is 11.8. The molecule has 1 aromatic rings. The molecule has 4 heteroatoms. The fourth-order valence-electron chi connectivity index (χ4n) is 2.51. The van der Waals surface area contributed by atoms with Gasteiger partial charge in [-0.1, -0.05) is 6.07 Å². The summed E-state index contributed by atoms with van der Waals surface area (Å²) in [4.78, 5) is 13.6. The standard InChI is InChI=1S/C13H17N3O/c17-13-15-5-1-7-16(13)12-3-2-10-4-6-14-9-11(10)8-12/h2-3,8,14H,1,4-7,9H2,(H,15,17). The Morgan fingerprint density at radius 3 is 3.00 bits per heavy atom.